The van der Waals surface area contributed by atoms with E-state index in [0.717, 1.165) is 4.68 Å². The Hall–Kier alpha value is -2.37. The van der Waals surface area contributed by atoms with E-state index in [1.807, 2.05) is 0 Å². The lowest BCUT2D eigenvalue weighted by Crippen LogP contribution is -2.38. The van der Waals surface area contributed by atoms with Crippen LogP contribution in [0.2, 0.25) is 0 Å². The van der Waals surface area contributed by atoms with Gasteiger partial charge in [-0.05, 0) is 10.7 Å². The van der Waals surface area contributed by atoms with Gasteiger partial charge in [0.25, 0.3) is 5.69 Å². The van der Waals surface area contributed by atoms with E-state index >= 15 is 0 Å². The van der Waals surface area contributed by atoms with E-state index in [9.17, 15) is 9.90 Å². The highest BCUT2D eigenvalue weighted by Gasteiger charge is 2.26. The number of hydrogen-bond acceptors (Lipinski definition) is 5. The van der Waals surface area contributed by atoms with Gasteiger partial charge in [0, 0.05) is 13.0 Å². The second-order valence-corrected chi connectivity index (χ2v) is 3.35. The Morgan fingerprint density at radius 1 is 1.47 bits per heavy atom. The van der Waals surface area contributed by atoms with Crippen molar-refractivity contribution < 1.29 is 23.8 Å². The topological polar surface area (TPSA) is 79.3 Å². The van der Waals surface area contributed by atoms with Gasteiger partial charge in [0.15, 0.2) is 11.7 Å². The largest absolute Gasteiger partial charge is 0.539 e. The Morgan fingerprint density at radius 3 is 2.82 bits per heavy atom. The van der Waals surface area contributed by atoms with Crippen LogP contribution in [0.1, 0.15) is 17.4 Å². The van der Waals surface area contributed by atoms with Crippen LogP contribution in [0.3, 0.4) is 0 Å². The Labute approximate surface area is 97.0 Å². The molecule has 0 radical (unpaired) electrons. The molecule has 0 saturated heterocycles. The van der Waals surface area contributed by atoms with Crippen molar-refractivity contribution in [2.75, 3.05) is 7.11 Å². The monoisotopic (exact) mass is 234 g/mol. The van der Waals surface area contributed by atoms with Gasteiger partial charge in [-0.1, -0.05) is 12.1 Å². The highest BCUT2D eigenvalue weighted by Crippen LogP contribution is 2.19. The number of nitrogens with zero attached hydrogens (tertiary/aromatic N) is 2. The summed E-state index contributed by atoms with van der Waals surface area (Å²) in [7, 11) is 1.49. The molecule has 0 saturated carbocycles. The van der Waals surface area contributed by atoms with Crippen LogP contribution in [0.15, 0.2) is 28.8 Å². The predicted octanol–water partition coefficient (Wildman–Crippen LogP) is 0.236. The minimum Gasteiger partial charge on any atom is -0.539 e. The van der Waals surface area contributed by atoms with Crippen molar-refractivity contribution in [2.45, 2.75) is 6.92 Å². The highest BCUT2D eigenvalue weighted by atomic mass is 16.6. The fraction of sp³-hybridized carbons (Fsp3) is 0.182. The number of methoxy groups -OCH3 is 1. The molecule has 88 valence electrons. The third-order valence-electron chi connectivity index (χ3n) is 2.26. The summed E-state index contributed by atoms with van der Waals surface area (Å²) in [5.41, 5.74) is 0.348. The van der Waals surface area contributed by atoms with E-state index in [-0.39, 0.29) is 5.69 Å². The molecule has 1 aromatic heterocycles. The summed E-state index contributed by atoms with van der Waals surface area (Å²) in [6, 6.07) is 6.89. The summed E-state index contributed by atoms with van der Waals surface area (Å²) in [6.07, 6.45) is 0. The lowest BCUT2D eigenvalue weighted by atomic mass is 10.2. The molecule has 2 rings (SSSR count). The first-order chi connectivity index (χ1) is 8.15. The number of para-hydroxylation sites is 2. The highest BCUT2D eigenvalue weighted by molar-refractivity contribution is 5.92. The van der Waals surface area contributed by atoms with Crippen LogP contribution in [-0.2, 0) is 0 Å². The lowest BCUT2D eigenvalue weighted by Gasteiger charge is -2.00. The maximum atomic E-state index is 11.4. The molecule has 2 aromatic rings. The van der Waals surface area contributed by atoms with Crippen molar-refractivity contribution in [3.05, 3.63) is 30.0 Å². The zero-order valence-electron chi connectivity index (χ0n) is 9.34. The maximum Gasteiger partial charge on any atom is 0.306 e. The van der Waals surface area contributed by atoms with Gasteiger partial charge in [-0.3, -0.25) is 4.79 Å². The van der Waals surface area contributed by atoms with E-state index in [1.165, 1.54) is 14.0 Å². The van der Waals surface area contributed by atoms with Crippen LogP contribution in [0.5, 0.6) is 11.7 Å². The molecule has 0 spiro atoms. The summed E-state index contributed by atoms with van der Waals surface area (Å²) in [5, 5.41) is 14.9. The minimum absolute atomic E-state index is 0.130. The molecule has 0 aliphatic carbocycles. The number of benzene rings is 1. The SMILES string of the molecule is COc1ccccc1-[n+]1noc([O-])c1C(C)=O. The number of ketones is 1. The number of Topliss-reactive ketones (excluding diaryl/α,β-unsaturated/α-hetero) is 1. The summed E-state index contributed by atoms with van der Waals surface area (Å²) >= 11 is 0. The second kappa shape index (κ2) is 4.25. The Morgan fingerprint density at radius 2 is 2.18 bits per heavy atom. The molecule has 0 atom stereocenters. The van der Waals surface area contributed by atoms with Crippen molar-refractivity contribution in [1.29, 1.82) is 0 Å². The first kappa shape index (κ1) is 11.1. The third-order valence-corrected chi connectivity index (χ3v) is 2.26. The predicted molar refractivity (Wildman–Crippen MR) is 54.0 cm³/mol. The lowest BCUT2D eigenvalue weighted by molar-refractivity contribution is -0.672. The van der Waals surface area contributed by atoms with Gasteiger partial charge >= 0.3 is 5.69 Å². The van der Waals surface area contributed by atoms with Crippen LogP contribution in [0.25, 0.3) is 5.69 Å². The molecule has 0 bridgehead atoms. The molecule has 0 amide bonds. The van der Waals surface area contributed by atoms with Crippen LogP contribution in [0.4, 0.5) is 0 Å². The van der Waals surface area contributed by atoms with Gasteiger partial charge < -0.3 is 14.4 Å². The smallest absolute Gasteiger partial charge is 0.306 e. The second-order valence-electron chi connectivity index (χ2n) is 3.35. The molecule has 0 N–H and O–H groups in total. The molecule has 6 heteroatoms. The maximum absolute atomic E-state index is 11.4. The number of carbonyl (C=O) groups excluding carboxylic acids is 1. The van der Waals surface area contributed by atoms with E-state index < -0.39 is 11.7 Å². The zero-order valence-corrected chi connectivity index (χ0v) is 9.34. The summed E-state index contributed by atoms with van der Waals surface area (Å²) < 4.78 is 10.8. The van der Waals surface area contributed by atoms with Gasteiger partial charge in [0.1, 0.15) is 0 Å². The summed E-state index contributed by atoms with van der Waals surface area (Å²) in [6.45, 7) is 1.28. The van der Waals surface area contributed by atoms with Crippen molar-refractivity contribution in [2.24, 2.45) is 0 Å². The first-order valence-electron chi connectivity index (χ1n) is 4.88. The van der Waals surface area contributed by atoms with Gasteiger partial charge in [0.05, 0.1) is 12.4 Å². The number of hydrogen-bond donors (Lipinski definition) is 0. The molecule has 0 fully saturated rings. The minimum atomic E-state index is -0.761. The molecule has 6 nitrogen and oxygen atoms in total. The average Bonchev–Trinajstić information content (AvgIpc) is 2.71. The molecule has 1 heterocycles. The van der Waals surface area contributed by atoms with Crippen molar-refractivity contribution in [3.8, 4) is 17.4 Å². The molecule has 1 aromatic carbocycles. The van der Waals surface area contributed by atoms with Crippen LogP contribution in [-0.4, -0.2) is 18.2 Å². The zero-order chi connectivity index (χ0) is 12.4. The van der Waals surface area contributed by atoms with E-state index in [2.05, 4.69) is 9.79 Å². The fourth-order valence-electron chi connectivity index (χ4n) is 1.51. The van der Waals surface area contributed by atoms with Crippen LogP contribution >= 0.6 is 0 Å². The Bertz CT molecular complexity index is 562. The number of rotatable bonds is 3. The first-order valence-corrected chi connectivity index (χ1v) is 4.88. The fourth-order valence-corrected chi connectivity index (χ4v) is 1.51. The molecule has 0 unspecified atom stereocenters. The van der Waals surface area contributed by atoms with Crippen molar-refractivity contribution >= 4 is 5.78 Å². The average molecular weight is 234 g/mol. The summed E-state index contributed by atoms with van der Waals surface area (Å²) in [4.78, 5) is 11.4. The van der Waals surface area contributed by atoms with E-state index in [1.54, 1.807) is 24.3 Å². The quantitative estimate of drug-likeness (QED) is 0.561. The van der Waals surface area contributed by atoms with E-state index in [4.69, 9.17) is 4.74 Å². The number of ether oxygens (including phenoxy) is 1. The normalized spacial score (nSPS) is 10.2. The molecule has 17 heavy (non-hydrogen) atoms. The van der Waals surface area contributed by atoms with Crippen LogP contribution in [0, 0.1) is 0 Å². The number of aromatic nitrogens is 2. The molecular formula is C11H10N2O4. The van der Waals surface area contributed by atoms with Crippen molar-refractivity contribution in [1.82, 2.24) is 5.27 Å². The number of carbonyl (C=O) groups is 1. The standard InChI is InChI=1S/C11H10N2O4/c1-7(14)10-11(15)17-12-13(10)8-5-3-4-6-9(8)16-2/h3-6H,1-2H3. The van der Waals surface area contributed by atoms with Crippen LogP contribution < -0.4 is 14.5 Å². The summed E-state index contributed by atoms with van der Waals surface area (Å²) in [5.74, 6) is -0.682. The van der Waals surface area contributed by atoms with E-state index in [0.29, 0.717) is 11.4 Å². The molecule has 0 aliphatic heterocycles. The van der Waals surface area contributed by atoms with Gasteiger partial charge in [-0.15, -0.1) is 0 Å². The van der Waals surface area contributed by atoms with Gasteiger partial charge in [-0.2, -0.15) is 0 Å². The van der Waals surface area contributed by atoms with Crippen molar-refractivity contribution in [3.63, 3.8) is 0 Å². The van der Waals surface area contributed by atoms with Gasteiger partial charge in [0.2, 0.25) is 5.78 Å². The molecule has 0 aliphatic rings. The Kier molecular flexibility index (Phi) is 2.78. The third kappa shape index (κ3) is 1.84. The molecular weight excluding hydrogens is 224 g/mol. The Balaban J connectivity index is 2.65. The van der Waals surface area contributed by atoms with Gasteiger partial charge in [-0.25, -0.2) is 0 Å².